The molecule has 7 heteroatoms. The second kappa shape index (κ2) is 6.69. The number of halogens is 1. The fourth-order valence-electron chi connectivity index (χ4n) is 1.85. The van der Waals surface area contributed by atoms with Crippen molar-refractivity contribution in [3.05, 3.63) is 20.8 Å². The van der Waals surface area contributed by atoms with E-state index in [1.54, 1.807) is 11.3 Å². The van der Waals surface area contributed by atoms with E-state index in [1.165, 1.54) is 0 Å². The number of aliphatic hydroxyl groups is 1. The van der Waals surface area contributed by atoms with Crippen molar-refractivity contribution in [2.75, 3.05) is 19.8 Å². The highest BCUT2D eigenvalue weighted by atomic mass is 79.9. The second-order valence-electron chi connectivity index (χ2n) is 4.58. The Morgan fingerprint density at radius 2 is 2.16 bits per heavy atom. The first-order valence-corrected chi connectivity index (χ1v) is 7.74. The van der Waals surface area contributed by atoms with Crippen LogP contribution < -0.4 is 10.6 Å². The average molecular weight is 349 g/mol. The maximum Gasteiger partial charge on any atom is 0.315 e. The van der Waals surface area contributed by atoms with Crippen LogP contribution in [0.5, 0.6) is 0 Å². The maximum absolute atomic E-state index is 11.6. The topological polar surface area (TPSA) is 70.6 Å². The molecule has 0 aliphatic carbocycles. The molecule has 0 atom stereocenters. The minimum absolute atomic E-state index is 0.260. The van der Waals surface area contributed by atoms with Gasteiger partial charge in [0.25, 0.3) is 0 Å². The van der Waals surface area contributed by atoms with Gasteiger partial charge in [-0.1, -0.05) is 0 Å². The van der Waals surface area contributed by atoms with Crippen LogP contribution in [0, 0.1) is 0 Å². The Labute approximate surface area is 124 Å². The zero-order valence-corrected chi connectivity index (χ0v) is 12.8. The highest BCUT2D eigenvalue weighted by molar-refractivity contribution is 9.11. The van der Waals surface area contributed by atoms with Gasteiger partial charge in [0.15, 0.2) is 0 Å². The van der Waals surface area contributed by atoms with Crippen molar-refractivity contribution >= 4 is 33.3 Å². The molecule has 1 aromatic rings. The summed E-state index contributed by atoms with van der Waals surface area (Å²) >= 11 is 4.96. The van der Waals surface area contributed by atoms with E-state index in [2.05, 4.69) is 26.6 Å². The summed E-state index contributed by atoms with van der Waals surface area (Å²) in [5.41, 5.74) is -0.832. The zero-order valence-electron chi connectivity index (χ0n) is 10.4. The Balaban J connectivity index is 1.69. The predicted octanol–water partition coefficient (Wildman–Crippen LogP) is 1.85. The minimum Gasteiger partial charge on any atom is -0.388 e. The molecule has 0 aromatic carbocycles. The van der Waals surface area contributed by atoms with Gasteiger partial charge in [0.1, 0.15) is 0 Å². The lowest BCUT2D eigenvalue weighted by molar-refractivity contribution is -0.0600. The first kappa shape index (κ1) is 14.8. The summed E-state index contributed by atoms with van der Waals surface area (Å²) in [4.78, 5) is 12.7. The largest absolute Gasteiger partial charge is 0.388 e. The van der Waals surface area contributed by atoms with Gasteiger partial charge in [-0.3, -0.25) is 0 Å². The number of carbonyl (C=O) groups is 1. The third-order valence-electron chi connectivity index (χ3n) is 3.05. The fourth-order valence-corrected chi connectivity index (χ4v) is 3.27. The van der Waals surface area contributed by atoms with Gasteiger partial charge in [-0.05, 0) is 28.1 Å². The minimum atomic E-state index is -0.832. The SMILES string of the molecule is O=C(NCc1ccc(Br)s1)NCC1(O)CCOCC1. The van der Waals surface area contributed by atoms with E-state index in [0.717, 1.165) is 8.66 Å². The molecule has 0 radical (unpaired) electrons. The quantitative estimate of drug-likeness (QED) is 0.777. The summed E-state index contributed by atoms with van der Waals surface area (Å²) in [7, 11) is 0. The van der Waals surface area contributed by atoms with Gasteiger partial charge in [0.2, 0.25) is 0 Å². The van der Waals surface area contributed by atoms with Gasteiger partial charge in [-0.2, -0.15) is 0 Å². The van der Waals surface area contributed by atoms with Crippen LogP contribution in [0.3, 0.4) is 0 Å². The van der Waals surface area contributed by atoms with E-state index in [0.29, 0.717) is 32.6 Å². The van der Waals surface area contributed by atoms with Gasteiger partial charge in [0, 0.05) is 37.5 Å². The molecule has 1 aromatic heterocycles. The molecule has 1 fully saturated rings. The molecule has 5 nitrogen and oxygen atoms in total. The first-order chi connectivity index (χ1) is 9.07. The van der Waals surface area contributed by atoms with Crippen LogP contribution >= 0.6 is 27.3 Å². The molecule has 1 saturated heterocycles. The Hall–Kier alpha value is -0.630. The number of hydrogen-bond acceptors (Lipinski definition) is 4. The highest BCUT2D eigenvalue weighted by Gasteiger charge is 2.29. The van der Waals surface area contributed by atoms with E-state index in [9.17, 15) is 9.90 Å². The van der Waals surface area contributed by atoms with Gasteiger partial charge in [-0.25, -0.2) is 4.79 Å². The number of rotatable bonds is 4. The second-order valence-corrected chi connectivity index (χ2v) is 7.13. The van der Waals surface area contributed by atoms with Crippen molar-refractivity contribution in [1.82, 2.24) is 10.6 Å². The summed E-state index contributed by atoms with van der Waals surface area (Å²) in [5.74, 6) is 0. The summed E-state index contributed by atoms with van der Waals surface area (Å²) in [5, 5.41) is 15.7. The van der Waals surface area contributed by atoms with Crippen LogP contribution in [-0.4, -0.2) is 36.5 Å². The lowest BCUT2D eigenvalue weighted by Gasteiger charge is -2.32. The van der Waals surface area contributed by atoms with Crippen LogP contribution in [0.15, 0.2) is 15.9 Å². The molecule has 1 aliphatic rings. The molecule has 3 N–H and O–H groups in total. The van der Waals surface area contributed by atoms with Crippen molar-refractivity contribution in [3.8, 4) is 0 Å². The van der Waals surface area contributed by atoms with E-state index in [-0.39, 0.29) is 12.6 Å². The monoisotopic (exact) mass is 348 g/mol. The molecule has 1 aliphatic heterocycles. The van der Waals surface area contributed by atoms with E-state index in [4.69, 9.17) is 4.74 Å². The summed E-state index contributed by atoms with van der Waals surface area (Å²) < 4.78 is 6.23. The number of carbonyl (C=O) groups excluding carboxylic acids is 1. The number of amides is 2. The van der Waals surface area contributed by atoms with Crippen LogP contribution in [0.4, 0.5) is 4.79 Å². The van der Waals surface area contributed by atoms with Crippen LogP contribution in [0.2, 0.25) is 0 Å². The number of nitrogens with one attached hydrogen (secondary N) is 2. The van der Waals surface area contributed by atoms with Crippen molar-refractivity contribution in [2.45, 2.75) is 25.0 Å². The maximum atomic E-state index is 11.6. The molecule has 2 amide bonds. The number of thiophene rings is 1. The summed E-state index contributed by atoms with van der Waals surface area (Å²) in [6, 6.07) is 3.65. The molecule has 0 saturated carbocycles. The van der Waals surface area contributed by atoms with Crippen LogP contribution in [-0.2, 0) is 11.3 Å². The highest BCUT2D eigenvalue weighted by Crippen LogP contribution is 2.22. The third-order valence-corrected chi connectivity index (χ3v) is 4.68. The standard InChI is InChI=1S/C12H17BrN2O3S/c13-10-2-1-9(19-10)7-14-11(16)15-8-12(17)3-5-18-6-4-12/h1-2,17H,3-8H2,(H2,14,15,16). The molecule has 2 heterocycles. The van der Waals surface area contributed by atoms with Gasteiger partial charge < -0.3 is 20.5 Å². The zero-order chi connectivity index (χ0) is 13.7. The molecule has 106 valence electrons. The number of urea groups is 1. The molecule has 0 spiro atoms. The summed E-state index contributed by atoms with van der Waals surface area (Å²) in [6.07, 6.45) is 1.12. The van der Waals surface area contributed by atoms with Crippen molar-refractivity contribution < 1.29 is 14.6 Å². The predicted molar refractivity (Wildman–Crippen MR) is 77.3 cm³/mol. The average Bonchev–Trinajstić information content (AvgIpc) is 2.81. The van der Waals surface area contributed by atoms with Gasteiger partial charge in [-0.15, -0.1) is 11.3 Å². The Kier molecular flexibility index (Phi) is 5.20. The number of hydrogen-bond donors (Lipinski definition) is 3. The molecular weight excluding hydrogens is 332 g/mol. The van der Waals surface area contributed by atoms with Crippen molar-refractivity contribution in [3.63, 3.8) is 0 Å². The van der Waals surface area contributed by atoms with Crippen molar-refractivity contribution in [2.24, 2.45) is 0 Å². The molecule has 19 heavy (non-hydrogen) atoms. The van der Waals surface area contributed by atoms with Crippen LogP contribution in [0.25, 0.3) is 0 Å². The smallest absolute Gasteiger partial charge is 0.315 e. The van der Waals surface area contributed by atoms with Gasteiger partial charge in [0.05, 0.1) is 15.9 Å². The van der Waals surface area contributed by atoms with Crippen molar-refractivity contribution in [1.29, 1.82) is 0 Å². The van der Waals surface area contributed by atoms with E-state index >= 15 is 0 Å². The summed E-state index contributed by atoms with van der Waals surface area (Å²) in [6.45, 7) is 1.84. The first-order valence-electron chi connectivity index (χ1n) is 6.13. The molecular formula is C12H17BrN2O3S. The van der Waals surface area contributed by atoms with E-state index < -0.39 is 5.60 Å². The normalized spacial score (nSPS) is 18.0. The van der Waals surface area contributed by atoms with Crippen LogP contribution in [0.1, 0.15) is 17.7 Å². The van der Waals surface area contributed by atoms with E-state index in [1.807, 2.05) is 12.1 Å². The fraction of sp³-hybridized carbons (Fsp3) is 0.583. The Morgan fingerprint density at radius 3 is 2.79 bits per heavy atom. The molecule has 0 unspecified atom stereocenters. The third kappa shape index (κ3) is 4.76. The lowest BCUT2D eigenvalue weighted by atomic mass is 9.94. The lowest BCUT2D eigenvalue weighted by Crippen LogP contribution is -2.48. The Morgan fingerprint density at radius 1 is 1.42 bits per heavy atom. The molecule has 0 bridgehead atoms. The Bertz CT molecular complexity index is 432. The van der Waals surface area contributed by atoms with Gasteiger partial charge >= 0.3 is 6.03 Å². The number of ether oxygens (including phenoxy) is 1. The molecule has 2 rings (SSSR count).